The van der Waals surface area contributed by atoms with Crippen LogP contribution in [0.4, 0.5) is 0 Å². The molecule has 0 spiro atoms. The highest BCUT2D eigenvalue weighted by Gasteiger charge is 2.25. The average molecular weight is 235 g/mol. The van der Waals surface area contributed by atoms with Crippen LogP contribution in [0, 0.1) is 0 Å². The maximum Gasteiger partial charge on any atom is 0.251 e. The van der Waals surface area contributed by atoms with E-state index in [4.69, 9.17) is 9.84 Å². The Morgan fingerprint density at radius 2 is 2.06 bits per heavy atom. The maximum absolute atomic E-state index is 11.9. The van der Waals surface area contributed by atoms with Crippen LogP contribution in [-0.4, -0.2) is 30.3 Å². The Morgan fingerprint density at radius 3 is 2.65 bits per heavy atom. The summed E-state index contributed by atoms with van der Waals surface area (Å²) < 4.78 is 5.26. The highest BCUT2D eigenvalue weighted by Crippen LogP contribution is 2.21. The van der Waals surface area contributed by atoms with Gasteiger partial charge in [-0.25, -0.2) is 0 Å². The Kier molecular flexibility index (Phi) is 3.64. The van der Waals surface area contributed by atoms with E-state index in [1.165, 1.54) is 12.1 Å². The third-order valence-electron chi connectivity index (χ3n) is 3.18. The lowest BCUT2D eigenvalue weighted by atomic mass is 10.1. The number of rotatable bonds is 3. The molecule has 1 fully saturated rings. The fourth-order valence-corrected chi connectivity index (χ4v) is 2.17. The fraction of sp³-hybridized carbons (Fsp3) is 0.462. The molecule has 1 aliphatic rings. The van der Waals surface area contributed by atoms with Crippen LogP contribution < -0.4 is 5.32 Å². The lowest BCUT2D eigenvalue weighted by molar-refractivity contribution is 0.0915. The SMILES string of the molecule is COC1CCC(NC(=O)c2ccc(O)cc2)C1. The van der Waals surface area contributed by atoms with Gasteiger partial charge in [0.2, 0.25) is 0 Å². The number of amides is 1. The fourth-order valence-electron chi connectivity index (χ4n) is 2.17. The molecule has 92 valence electrons. The zero-order valence-electron chi connectivity index (χ0n) is 9.85. The van der Waals surface area contributed by atoms with Crippen LogP contribution in [0.5, 0.6) is 5.75 Å². The van der Waals surface area contributed by atoms with Crippen LogP contribution in [0.25, 0.3) is 0 Å². The Labute approximate surface area is 101 Å². The first-order chi connectivity index (χ1) is 8.19. The van der Waals surface area contributed by atoms with E-state index in [1.807, 2.05) is 0 Å². The summed E-state index contributed by atoms with van der Waals surface area (Å²) in [6, 6.07) is 6.46. The summed E-state index contributed by atoms with van der Waals surface area (Å²) >= 11 is 0. The van der Waals surface area contributed by atoms with E-state index in [0.717, 1.165) is 19.3 Å². The maximum atomic E-state index is 11.9. The molecule has 0 saturated heterocycles. The van der Waals surface area contributed by atoms with Gasteiger partial charge < -0.3 is 15.2 Å². The minimum Gasteiger partial charge on any atom is -0.508 e. The molecule has 2 N–H and O–H groups in total. The number of carbonyl (C=O) groups excluding carboxylic acids is 1. The molecule has 1 aromatic carbocycles. The first-order valence-electron chi connectivity index (χ1n) is 5.81. The van der Waals surface area contributed by atoms with E-state index >= 15 is 0 Å². The van der Waals surface area contributed by atoms with Crippen molar-refractivity contribution >= 4 is 5.91 Å². The smallest absolute Gasteiger partial charge is 0.251 e. The number of methoxy groups -OCH3 is 1. The lowest BCUT2D eigenvalue weighted by Crippen LogP contribution is -2.33. The van der Waals surface area contributed by atoms with Gasteiger partial charge in [-0.05, 0) is 43.5 Å². The topological polar surface area (TPSA) is 58.6 Å². The quantitative estimate of drug-likeness (QED) is 0.838. The number of hydrogen-bond donors (Lipinski definition) is 2. The van der Waals surface area contributed by atoms with Crippen molar-refractivity contribution in [2.24, 2.45) is 0 Å². The molecule has 2 unspecified atom stereocenters. The van der Waals surface area contributed by atoms with Crippen molar-refractivity contribution in [1.29, 1.82) is 0 Å². The van der Waals surface area contributed by atoms with Crippen LogP contribution in [-0.2, 0) is 4.74 Å². The molecule has 0 bridgehead atoms. The summed E-state index contributed by atoms with van der Waals surface area (Å²) in [5.74, 6) is 0.0774. The molecule has 0 heterocycles. The summed E-state index contributed by atoms with van der Waals surface area (Å²) in [6.45, 7) is 0. The third kappa shape index (κ3) is 2.97. The molecule has 2 atom stereocenters. The van der Waals surface area contributed by atoms with Crippen molar-refractivity contribution in [2.45, 2.75) is 31.4 Å². The first kappa shape index (κ1) is 11.9. The van der Waals surface area contributed by atoms with Gasteiger partial charge in [0, 0.05) is 18.7 Å². The monoisotopic (exact) mass is 235 g/mol. The third-order valence-corrected chi connectivity index (χ3v) is 3.18. The van der Waals surface area contributed by atoms with Crippen molar-refractivity contribution in [3.63, 3.8) is 0 Å². The molecule has 1 saturated carbocycles. The van der Waals surface area contributed by atoms with Crippen molar-refractivity contribution in [3.05, 3.63) is 29.8 Å². The zero-order chi connectivity index (χ0) is 12.3. The highest BCUT2D eigenvalue weighted by atomic mass is 16.5. The first-order valence-corrected chi connectivity index (χ1v) is 5.81. The predicted octanol–water partition coefficient (Wildman–Crippen LogP) is 1.69. The van der Waals surface area contributed by atoms with E-state index < -0.39 is 0 Å². The van der Waals surface area contributed by atoms with Crippen LogP contribution >= 0.6 is 0 Å². The van der Waals surface area contributed by atoms with Gasteiger partial charge in [-0.15, -0.1) is 0 Å². The molecule has 1 aliphatic carbocycles. The largest absolute Gasteiger partial charge is 0.508 e. The van der Waals surface area contributed by atoms with E-state index in [-0.39, 0.29) is 23.8 Å². The number of benzene rings is 1. The minimum atomic E-state index is -0.0910. The Hall–Kier alpha value is -1.55. The predicted molar refractivity (Wildman–Crippen MR) is 64.0 cm³/mol. The summed E-state index contributed by atoms with van der Waals surface area (Å²) in [5, 5.41) is 12.1. The second-order valence-corrected chi connectivity index (χ2v) is 4.39. The Balaban J connectivity index is 1.91. The summed E-state index contributed by atoms with van der Waals surface area (Å²) in [5.41, 5.74) is 0.573. The van der Waals surface area contributed by atoms with Crippen LogP contribution in [0.15, 0.2) is 24.3 Å². The summed E-state index contributed by atoms with van der Waals surface area (Å²) in [4.78, 5) is 11.9. The van der Waals surface area contributed by atoms with Gasteiger partial charge in [0.05, 0.1) is 6.10 Å². The number of hydrogen-bond acceptors (Lipinski definition) is 3. The van der Waals surface area contributed by atoms with Crippen LogP contribution in [0.3, 0.4) is 0 Å². The standard InChI is InChI=1S/C13H17NO3/c1-17-12-7-4-10(8-12)14-13(16)9-2-5-11(15)6-3-9/h2-3,5-6,10,12,15H,4,7-8H2,1H3,(H,14,16). The van der Waals surface area contributed by atoms with Gasteiger partial charge in [0.25, 0.3) is 5.91 Å². The normalized spacial score (nSPS) is 23.6. The van der Waals surface area contributed by atoms with Crippen molar-refractivity contribution in [3.8, 4) is 5.75 Å². The molecule has 4 heteroatoms. The Bertz CT molecular complexity index is 388. The van der Waals surface area contributed by atoms with E-state index in [0.29, 0.717) is 5.56 Å². The number of phenols is 1. The van der Waals surface area contributed by atoms with Crippen molar-refractivity contribution in [2.75, 3.05) is 7.11 Å². The van der Waals surface area contributed by atoms with Gasteiger partial charge in [-0.3, -0.25) is 4.79 Å². The van der Waals surface area contributed by atoms with Gasteiger partial charge in [-0.1, -0.05) is 0 Å². The van der Waals surface area contributed by atoms with E-state index in [1.54, 1.807) is 19.2 Å². The number of phenolic OH excluding ortho intramolecular Hbond substituents is 1. The zero-order valence-corrected chi connectivity index (χ0v) is 9.85. The van der Waals surface area contributed by atoms with Gasteiger partial charge in [0.15, 0.2) is 0 Å². The molecule has 2 rings (SSSR count). The second kappa shape index (κ2) is 5.19. The highest BCUT2D eigenvalue weighted by molar-refractivity contribution is 5.94. The second-order valence-electron chi connectivity index (χ2n) is 4.39. The van der Waals surface area contributed by atoms with Crippen LogP contribution in [0.1, 0.15) is 29.6 Å². The number of nitrogens with one attached hydrogen (secondary N) is 1. The molecule has 0 aromatic heterocycles. The molecule has 4 nitrogen and oxygen atoms in total. The van der Waals surface area contributed by atoms with Crippen LogP contribution in [0.2, 0.25) is 0 Å². The van der Waals surface area contributed by atoms with Crippen molar-refractivity contribution < 1.29 is 14.6 Å². The van der Waals surface area contributed by atoms with Crippen molar-refractivity contribution in [1.82, 2.24) is 5.32 Å². The average Bonchev–Trinajstić information content (AvgIpc) is 2.77. The van der Waals surface area contributed by atoms with E-state index in [9.17, 15) is 4.79 Å². The summed E-state index contributed by atoms with van der Waals surface area (Å²) in [7, 11) is 1.70. The molecule has 0 radical (unpaired) electrons. The molecule has 1 amide bonds. The molecule has 1 aromatic rings. The molecule has 0 aliphatic heterocycles. The Morgan fingerprint density at radius 1 is 1.35 bits per heavy atom. The van der Waals surface area contributed by atoms with Gasteiger partial charge >= 0.3 is 0 Å². The lowest BCUT2D eigenvalue weighted by Gasteiger charge is -2.12. The summed E-state index contributed by atoms with van der Waals surface area (Å²) in [6.07, 6.45) is 3.10. The number of carbonyl (C=O) groups is 1. The molecular weight excluding hydrogens is 218 g/mol. The molecule has 17 heavy (non-hydrogen) atoms. The van der Waals surface area contributed by atoms with Gasteiger partial charge in [-0.2, -0.15) is 0 Å². The van der Waals surface area contributed by atoms with Gasteiger partial charge in [0.1, 0.15) is 5.75 Å². The number of ether oxygens (including phenoxy) is 1. The molecular formula is C13H17NO3. The van der Waals surface area contributed by atoms with E-state index in [2.05, 4.69) is 5.32 Å². The minimum absolute atomic E-state index is 0.0910. The number of aromatic hydroxyl groups is 1.